The van der Waals surface area contributed by atoms with E-state index in [-0.39, 0.29) is 6.54 Å². The van der Waals surface area contributed by atoms with Crippen LogP contribution in [0.25, 0.3) is 0 Å². The summed E-state index contributed by atoms with van der Waals surface area (Å²) in [5, 5.41) is 7.00. The normalized spacial score (nSPS) is 10.6. The van der Waals surface area contributed by atoms with Crippen molar-refractivity contribution in [2.24, 2.45) is 5.10 Å². The monoisotopic (exact) mass is 421 g/mol. The van der Waals surface area contributed by atoms with Crippen molar-refractivity contribution in [3.05, 3.63) is 101 Å². The maximum absolute atomic E-state index is 11.8. The minimum Gasteiger partial charge on any atom is -0.489 e. The van der Waals surface area contributed by atoms with Gasteiger partial charge < -0.3 is 10.1 Å². The van der Waals surface area contributed by atoms with E-state index >= 15 is 0 Å². The second-order valence-electron chi connectivity index (χ2n) is 6.32. The van der Waals surface area contributed by atoms with Gasteiger partial charge in [-0.1, -0.05) is 60.1 Å². The van der Waals surface area contributed by atoms with E-state index in [4.69, 9.17) is 16.3 Å². The SMILES string of the molecule is O=C(NCc1ccccc1)C(=O)N/N=C/c1ccc(OCc2ccccc2Cl)cc1. The minimum atomic E-state index is -0.832. The largest absolute Gasteiger partial charge is 0.489 e. The molecule has 3 aromatic carbocycles. The molecule has 0 radical (unpaired) electrons. The number of nitrogens with zero attached hydrogens (tertiary/aromatic N) is 1. The van der Waals surface area contributed by atoms with Gasteiger partial charge >= 0.3 is 11.8 Å². The molecule has 0 aromatic heterocycles. The van der Waals surface area contributed by atoms with E-state index in [2.05, 4.69) is 15.8 Å². The molecule has 0 bridgehead atoms. The molecule has 6 nitrogen and oxygen atoms in total. The molecule has 0 atom stereocenters. The van der Waals surface area contributed by atoms with Crippen LogP contribution in [-0.2, 0) is 22.7 Å². The number of nitrogens with one attached hydrogen (secondary N) is 2. The fraction of sp³-hybridized carbons (Fsp3) is 0.0870. The van der Waals surface area contributed by atoms with Crippen LogP contribution in [0.1, 0.15) is 16.7 Å². The van der Waals surface area contributed by atoms with Gasteiger partial charge in [-0.05, 0) is 41.5 Å². The van der Waals surface area contributed by atoms with Crippen molar-refractivity contribution in [1.29, 1.82) is 0 Å². The first-order valence-electron chi connectivity index (χ1n) is 9.23. The Morgan fingerprint density at radius 2 is 1.60 bits per heavy atom. The summed E-state index contributed by atoms with van der Waals surface area (Å²) in [5.74, 6) is -0.905. The highest BCUT2D eigenvalue weighted by atomic mass is 35.5. The van der Waals surface area contributed by atoms with Gasteiger partial charge in [-0.2, -0.15) is 5.10 Å². The van der Waals surface area contributed by atoms with E-state index in [1.54, 1.807) is 24.3 Å². The van der Waals surface area contributed by atoms with E-state index in [1.807, 2.05) is 54.6 Å². The van der Waals surface area contributed by atoms with Gasteiger partial charge in [0, 0.05) is 17.1 Å². The third-order valence-corrected chi connectivity index (χ3v) is 4.48. The predicted octanol–water partition coefficient (Wildman–Crippen LogP) is 3.69. The lowest BCUT2D eigenvalue weighted by Gasteiger charge is -2.07. The number of hydrogen-bond donors (Lipinski definition) is 2. The Bertz CT molecular complexity index is 1020. The van der Waals surface area contributed by atoms with Gasteiger partial charge in [0.2, 0.25) is 0 Å². The zero-order chi connectivity index (χ0) is 21.2. The van der Waals surface area contributed by atoms with Crippen LogP contribution in [0.3, 0.4) is 0 Å². The predicted molar refractivity (Wildman–Crippen MR) is 116 cm³/mol. The van der Waals surface area contributed by atoms with Gasteiger partial charge in [0.25, 0.3) is 0 Å². The Morgan fingerprint density at radius 1 is 0.900 bits per heavy atom. The average Bonchev–Trinajstić information content (AvgIpc) is 2.78. The number of rotatable bonds is 7. The van der Waals surface area contributed by atoms with Crippen molar-refractivity contribution in [2.45, 2.75) is 13.2 Å². The molecule has 2 N–H and O–H groups in total. The molecule has 30 heavy (non-hydrogen) atoms. The van der Waals surface area contributed by atoms with Crippen molar-refractivity contribution in [3.63, 3.8) is 0 Å². The first-order chi connectivity index (χ1) is 14.6. The maximum atomic E-state index is 11.8. The lowest BCUT2D eigenvalue weighted by molar-refractivity contribution is -0.139. The Balaban J connectivity index is 1.43. The molecule has 0 unspecified atom stereocenters. The molecular formula is C23H20ClN3O3. The van der Waals surface area contributed by atoms with Crippen LogP contribution in [0.15, 0.2) is 84.0 Å². The van der Waals surface area contributed by atoms with E-state index in [0.717, 1.165) is 16.7 Å². The van der Waals surface area contributed by atoms with Crippen LogP contribution in [0.5, 0.6) is 5.75 Å². The van der Waals surface area contributed by atoms with E-state index in [0.29, 0.717) is 17.4 Å². The summed E-state index contributed by atoms with van der Waals surface area (Å²) < 4.78 is 5.71. The molecule has 2 amide bonds. The van der Waals surface area contributed by atoms with E-state index in [9.17, 15) is 9.59 Å². The summed E-state index contributed by atoms with van der Waals surface area (Å²) in [5.41, 5.74) is 4.75. The molecule has 7 heteroatoms. The van der Waals surface area contributed by atoms with Gasteiger partial charge in [-0.3, -0.25) is 9.59 Å². The Kier molecular flexibility index (Phi) is 7.58. The molecule has 0 aliphatic carbocycles. The number of hydrogen-bond acceptors (Lipinski definition) is 4. The van der Waals surface area contributed by atoms with Gasteiger partial charge in [0.05, 0.1) is 6.21 Å². The molecule has 0 saturated carbocycles. The number of ether oxygens (including phenoxy) is 1. The van der Waals surface area contributed by atoms with Crippen LogP contribution in [0.2, 0.25) is 5.02 Å². The number of carbonyl (C=O) groups is 2. The van der Waals surface area contributed by atoms with Crippen LogP contribution in [0.4, 0.5) is 0 Å². The second kappa shape index (κ2) is 10.8. The van der Waals surface area contributed by atoms with Gasteiger partial charge in [0.15, 0.2) is 0 Å². The Morgan fingerprint density at radius 3 is 2.33 bits per heavy atom. The van der Waals surface area contributed by atoms with Crippen molar-refractivity contribution < 1.29 is 14.3 Å². The van der Waals surface area contributed by atoms with Crippen molar-refractivity contribution in [2.75, 3.05) is 0 Å². The summed E-state index contributed by atoms with van der Waals surface area (Å²) in [7, 11) is 0. The number of hydrazone groups is 1. The van der Waals surface area contributed by atoms with Gasteiger partial charge in [0.1, 0.15) is 12.4 Å². The highest BCUT2D eigenvalue weighted by Gasteiger charge is 2.11. The zero-order valence-electron chi connectivity index (χ0n) is 16.0. The number of amides is 2. The first kappa shape index (κ1) is 21.1. The van der Waals surface area contributed by atoms with E-state index < -0.39 is 11.8 Å². The van der Waals surface area contributed by atoms with Gasteiger partial charge in [-0.25, -0.2) is 5.43 Å². The summed E-state index contributed by atoms with van der Waals surface area (Å²) in [6.45, 7) is 0.633. The topological polar surface area (TPSA) is 79.8 Å². The first-order valence-corrected chi connectivity index (χ1v) is 9.61. The van der Waals surface area contributed by atoms with Crippen molar-refractivity contribution in [1.82, 2.24) is 10.7 Å². The fourth-order valence-electron chi connectivity index (χ4n) is 2.50. The second-order valence-corrected chi connectivity index (χ2v) is 6.72. The third-order valence-electron chi connectivity index (χ3n) is 4.11. The number of benzene rings is 3. The van der Waals surface area contributed by atoms with Crippen molar-refractivity contribution >= 4 is 29.6 Å². The molecule has 0 saturated heterocycles. The standard InChI is InChI=1S/C23H20ClN3O3/c24-21-9-5-4-8-19(21)16-30-20-12-10-18(11-13-20)15-26-27-23(29)22(28)25-14-17-6-2-1-3-7-17/h1-13,15H,14,16H2,(H,25,28)(H,27,29)/b26-15+. The zero-order valence-corrected chi connectivity index (χ0v) is 16.8. The molecule has 3 rings (SSSR count). The Hall–Kier alpha value is -3.64. The molecule has 0 aliphatic rings. The average molecular weight is 422 g/mol. The summed E-state index contributed by atoms with van der Waals surface area (Å²) >= 11 is 6.11. The molecule has 3 aromatic rings. The smallest absolute Gasteiger partial charge is 0.329 e. The quantitative estimate of drug-likeness (QED) is 0.347. The molecule has 0 spiro atoms. The van der Waals surface area contributed by atoms with Crippen LogP contribution < -0.4 is 15.5 Å². The highest BCUT2D eigenvalue weighted by Crippen LogP contribution is 2.18. The number of halogens is 1. The Labute approximate surface area is 179 Å². The summed E-state index contributed by atoms with van der Waals surface area (Å²) in [6.07, 6.45) is 1.44. The van der Waals surface area contributed by atoms with Crippen LogP contribution in [0, 0.1) is 0 Å². The lowest BCUT2D eigenvalue weighted by Crippen LogP contribution is -2.37. The van der Waals surface area contributed by atoms with Crippen molar-refractivity contribution in [3.8, 4) is 5.75 Å². The van der Waals surface area contributed by atoms with Crippen LogP contribution >= 0.6 is 11.6 Å². The minimum absolute atomic E-state index is 0.270. The molecule has 0 fully saturated rings. The van der Waals surface area contributed by atoms with E-state index in [1.165, 1.54) is 6.21 Å². The van der Waals surface area contributed by atoms with Gasteiger partial charge in [-0.15, -0.1) is 0 Å². The highest BCUT2D eigenvalue weighted by molar-refractivity contribution is 6.35. The molecular weight excluding hydrogens is 402 g/mol. The fourth-order valence-corrected chi connectivity index (χ4v) is 2.69. The lowest BCUT2D eigenvalue weighted by atomic mass is 10.2. The van der Waals surface area contributed by atoms with Crippen LogP contribution in [-0.4, -0.2) is 18.0 Å². The summed E-state index contributed by atoms with van der Waals surface area (Å²) in [4.78, 5) is 23.6. The third kappa shape index (κ3) is 6.46. The molecule has 0 heterocycles. The maximum Gasteiger partial charge on any atom is 0.329 e. The number of carbonyl (C=O) groups excluding carboxylic acids is 2. The summed E-state index contributed by atoms with van der Waals surface area (Å²) in [6, 6.07) is 23.9. The molecule has 0 aliphatic heterocycles. The molecule has 152 valence electrons.